The van der Waals surface area contributed by atoms with Gasteiger partial charge in [-0.05, 0) is 36.6 Å². The molecule has 0 aliphatic carbocycles. The lowest BCUT2D eigenvalue weighted by Crippen LogP contribution is -2.29. The third kappa shape index (κ3) is 3.88. The van der Waals surface area contributed by atoms with Gasteiger partial charge >= 0.3 is 0 Å². The van der Waals surface area contributed by atoms with E-state index in [1.165, 1.54) is 18.2 Å². The SMILES string of the molecule is CC(NC(c1ccc(F)cc1)C(C)C)c1ccccc1F. The quantitative estimate of drug-likeness (QED) is 0.815. The summed E-state index contributed by atoms with van der Waals surface area (Å²) in [6.45, 7) is 6.13. The Morgan fingerprint density at radius 2 is 1.48 bits per heavy atom. The van der Waals surface area contributed by atoms with Crippen molar-refractivity contribution in [1.82, 2.24) is 5.32 Å². The minimum Gasteiger partial charge on any atom is -0.303 e. The largest absolute Gasteiger partial charge is 0.303 e. The second kappa shape index (κ2) is 6.81. The Morgan fingerprint density at radius 1 is 0.857 bits per heavy atom. The Morgan fingerprint density at radius 3 is 2.05 bits per heavy atom. The van der Waals surface area contributed by atoms with Crippen LogP contribution in [0, 0.1) is 17.6 Å². The van der Waals surface area contributed by atoms with E-state index in [-0.39, 0.29) is 23.7 Å². The van der Waals surface area contributed by atoms with E-state index in [9.17, 15) is 8.78 Å². The maximum atomic E-state index is 13.9. The number of hydrogen-bond acceptors (Lipinski definition) is 1. The van der Waals surface area contributed by atoms with Crippen molar-refractivity contribution in [3.05, 3.63) is 71.3 Å². The van der Waals surface area contributed by atoms with Crippen LogP contribution in [-0.4, -0.2) is 0 Å². The maximum Gasteiger partial charge on any atom is 0.127 e. The van der Waals surface area contributed by atoms with E-state index in [4.69, 9.17) is 0 Å². The molecular weight excluding hydrogens is 268 g/mol. The average molecular weight is 289 g/mol. The third-order valence-corrected chi connectivity index (χ3v) is 3.70. The lowest BCUT2D eigenvalue weighted by molar-refractivity contribution is 0.368. The number of benzene rings is 2. The molecule has 0 bridgehead atoms. The van der Waals surface area contributed by atoms with Crippen molar-refractivity contribution in [3.63, 3.8) is 0 Å². The maximum absolute atomic E-state index is 13.9. The number of nitrogens with one attached hydrogen (secondary N) is 1. The van der Waals surface area contributed by atoms with E-state index in [2.05, 4.69) is 19.2 Å². The Kier molecular flexibility index (Phi) is 5.07. The van der Waals surface area contributed by atoms with Gasteiger partial charge in [-0.3, -0.25) is 0 Å². The number of halogens is 2. The lowest BCUT2D eigenvalue weighted by Gasteiger charge is -2.27. The molecular formula is C18H21F2N. The van der Waals surface area contributed by atoms with Gasteiger partial charge in [0.25, 0.3) is 0 Å². The Balaban J connectivity index is 2.20. The first kappa shape index (κ1) is 15.6. The molecule has 0 fully saturated rings. The van der Waals surface area contributed by atoms with Gasteiger partial charge in [-0.25, -0.2) is 8.78 Å². The molecule has 0 heterocycles. The first-order valence-electron chi connectivity index (χ1n) is 7.25. The van der Waals surface area contributed by atoms with Crippen LogP contribution in [0.3, 0.4) is 0 Å². The molecule has 21 heavy (non-hydrogen) atoms. The molecule has 2 aromatic carbocycles. The molecule has 0 aromatic heterocycles. The minimum absolute atomic E-state index is 0.0419. The fraction of sp³-hybridized carbons (Fsp3) is 0.333. The molecule has 1 N–H and O–H groups in total. The Bertz CT molecular complexity index is 578. The summed E-state index contributed by atoms with van der Waals surface area (Å²) >= 11 is 0. The standard InChI is InChI=1S/C18H21F2N/c1-12(2)18(14-8-10-15(19)11-9-14)21-13(3)16-6-4-5-7-17(16)20/h4-13,18,21H,1-3H3. The van der Waals surface area contributed by atoms with Crippen molar-refractivity contribution in [1.29, 1.82) is 0 Å². The smallest absolute Gasteiger partial charge is 0.127 e. The summed E-state index contributed by atoms with van der Waals surface area (Å²) in [5.41, 5.74) is 1.65. The van der Waals surface area contributed by atoms with E-state index in [1.807, 2.05) is 13.0 Å². The molecule has 1 nitrogen and oxygen atoms in total. The molecule has 0 saturated heterocycles. The first-order chi connectivity index (χ1) is 9.99. The summed E-state index contributed by atoms with van der Waals surface area (Å²) in [5.74, 6) is -0.146. The van der Waals surface area contributed by atoms with Crippen molar-refractivity contribution in [2.75, 3.05) is 0 Å². The highest BCUT2D eigenvalue weighted by atomic mass is 19.1. The van der Waals surface area contributed by atoms with Gasteiger partial charge in [-0.2, -0.15) is 0 Å². The lowest BCUT2D eigenvalue weighted by atomic mass is 9.94. The van der Waals surface area contributed by atoms with Gasteiger partial charge in [-0.1, -0.05) is 44.2 Å². The second-order valence-corrected chi connectivity index (χ2v) is 5.68. The van der Waals surface area contributed by atoms with Crippen LogP contribution >= 0.6 is 0 Å². The third-order valence-electron chi connectivity index (χ3n) is 3.70. The summed E-state index contributed by atoms with van der Waals surface area (Å²) < 4.78 is 26.9. The second-order valence-electron chi connectivity index (χ2n) is 5.68. The van der Waals surface area contributed by atoms with Gasteiger partial charge in [0.15, 0.2) is 0 Å². The molecule has 0 aliphatic heterocycles. The van der Waals surface area contributed by atoms with Crippen LogP contribution in [0.25, 0.3) is 0 Å². The van der Waals surface area contributed by atoms with E-state index in [1.54, 1.807) is 24.3 Å². The summed E-state index contributed by atoms with van der Waals surface area (Å²) in [6, 6.07) is 13.2. The van der Waals surface area contributed by atoms with Crippen molar-refractivity contribution in [3.8, 4) is 0 Å². The predicted octanol–water partition coefficient (Wildman–Crippen LogP) is 5.01. The highest BCUT2D eigenvalue weighted by molar-refractivity contribution is 5.24. The van der Waals surface area contributed by atoms with Crippen LogP contribution in [0.5, 0.6) is 0 Å². The van der Waals surface area contributed by atoms with E-state index < -0.39 is 0 Å². The molecule has 0 aliphatic rings. The van der Waals surface area contributed by atoms with E-state index in [0.717, 1.165) is 5.56 Å². The van der Waals surface area contributed by atoms with Crippen molar-refractivity contribution >= 4 is 0 Å². The normalized spacial score (nSPS) is 14.2. The van der Waals surface area contributed by atoms with Crippen LogP contribution in [0.4, 0.5) is 8.78 Å². The van der Waals surface area contributed by atoms with Gasteiger partial charge in [0.2, 0.25) is 0 Å². The Hall–Kier alpha value is -1.74. The summed E-state index contributed by atoms with van der Waals surface area (Å²) in [7, 11) is 0. The molecule has 0 radical (unpaired) electrons. The van der Waals surface area contributed by atoms with Gasteiger partial charge in [0.1, 0.15) is 11.6 Å². The molecule has 2 rings (SSSR count). The van der Waals surface area contributed by atoms with E-state index >= 15 is 0 Å². The fourth-order valence-corrected chi connectivity index (χ4v) is 2.53. The van der Waals surface area contributed by atoms with E-state index in [0.29, 0.717) is 11.5 Å². The van der Waals surface area contributed by atoms with Crippen LogP contribution in [0.2, 0.25) is 0 Å². The zero-order chi connectivity index (χ0) is 15.4. The van der Waals surface area contributed by atoms with Crippen LogP contribution in [-0.2, 0) is 0 Å². The minimum atomic E-state index is -0.247. The molecule has 2 atom stereocenters. The average Bonchev–Trinajstić information content (AvgIpc) is 2.46. The molecule has 112 valence electrons. The van der Waals surface area contributed by atoms with Crippen LogP contribution in [0.1, 0.15) is 44.0 Å². The number of hydrogen-bond donors (Lipinski definition) is 1. The zero-order valence-electron chi connectivity index (χ0n) is 12.6. The zero-order valence-corrected chi connectivity index (χ0v) is 12.6. The van der Waals surface area contributed by atoms with Gasteiger partial charge in [-0.15, -0.1) is 0 Å². The van der Waals surface area contributed by atoms with Crippen LogP contribution in [0.15, 0.2) is 48.5 Å². The van der Waals surface area contributed by atoms with Gasteiger partial charge in [0, 0.05) is 17.6 Å². The molecule has 2 unspecified atom stereocenters. The fourth-order valence-electron chi connectivity index (χ4n) is 2.53. The molecule has 3 heteroatoms. The van der Waals surface area contributed by atoms with Crippen molar-refractivity contribution in [2.24, 2.45) is 5.92 Å². The highest BCUT2D eigenvalue weighted by Gasteiger charge is 2.20. The summed E-state index contributed by atoms with van der Waals surface area (Å²) in [6.07, 6.45) is 0. The van der Waals surface area contributed by atoms with Gasteiger partial charge < -0.3 is 5.32 Å². The van der Waals surface area contributed by atoms with Gasteiger partial charge in [0.05, 0.1) is 0 Å². The predicted molar refractivity (Wildman–Crippen MR) is 81.9 cm³/mol. The molecule has 0 amide bonds. The number of rotatable bonds is 5. The monoisotopic (exact) mass is 289 g/mol. The topological polar surface area (TPSA) is 12.0 Å². The van der Waals surface area contributed by atoms with Crippen molar-refractivity contribution in [2.45, 2.75) is 32.9 Å². The van der Waals surface area contributed by atoms with Crippen LogP contribution < -0.4 is 5.32 Å². The first-order valence-corrected chi connectivity index (χ1v) is 7.25. The summed E-state index contributed by atoms with van der Waals surface area (Å²) in [5, 5.41) is 3.45. The van der Waals surface area contributed by atoms with Crippen molar-refractivity contribution < 1.29 is 8.78 Å². The molecule has 0 saturated carbocycles. The Labute approximate surface area is 125 Å². The summed E-state index contributed by atoms with van der Waals surface area (Å²) in [4.78, 5) is 0. The molecule has 2 aromatic rings. The highest BCUT2D eigenvalue weighted by Crippen LogP contribution is 2.26. The molecule has 0 spiro atoms.